The molecule has 2 heterocycles. The molecule has 0 aliphatic rings. The highest BCUT2D eigenvalue weighted by atomic mass is 32.2. The first-order chi connectivity index (χ1) is 14.5. The smallest absolute Gasteiger partial charge is 0.412 e. The van der Waals surface area contributed by atoms with Crippen molar-refractivity contribution in [1.82, 2.24) is 19.5 Å². The van der Waals surface area contributed by atoms with Gasteiger partial charge in [0.15, 0.2) is 12.3 Å². The number of nitrogens with zero attached hydrogens (tertiary/aromatic N) is 4. The lowest BCUT2D eigenvalue weighted by molar-refractivity contribution is -0.155. The molecule has 0 fully saturated rings. The molecule has 0 bridgehead atoms. The van der Waals surface area contributed by atoms with Crippen molar-refractivity contribution < 1.29 is 37.0 Å². The number of imidazole rings is 1. The number of hydrogen-bond acceptors (Lipinski definition) is 9. The number of nitrogens with two attached hydrogens (primary N) is 1. The van der Waals surface area contributed by atoms with Crippen molar-refractivity contribution in [2.45, 2.75) is 22.6 Å². The van der Waals surface area contributed by atoms with E-state index in [0.717, 1.165) is 4.90 Å². The van der Waals surface area contributed by atoms with E-state index in [1.807, 2.05) is 0 Å². The second kappa shape index (κ2) is 9.40. The van der Waals surface area contributed by atoms with Crippen molar-refractivity contribution in [3.05, 3.63) is 30.6 Å². The van der Waals surface area contributed by atoms with Crippen LogP contribution in [0.2, 0.25) is 0 Å². The van der Waals surface area contributed by atoms with Crippen molar-refractivity contribution in [3.8, 4) is 5.75 Å². The van der Waals surface area contributed by atoms with Crippen molar-refractivity contribution >= 4 is 36.5 Å². The van der Waals surface area contributed by atoms with E-state index in [2.05, 4.69) is 19.5 Å². The number of phenols is 1. The van der Waals surface area contributed by atoms with Gasteiger partial charge in [0, 0.05) is 11.4 Å². The molecule has 0 aliphatic heterocycles. The van der Waals surface area contributed by atoms with Crippen molar-refractivity contribution in [3.63, 3.8) is 0 Å². The molecule has 15 heteroatoms. The van der Waals surface area contributed by atoms with Crippen LogP contribution in [0.25, 0.3) is 11.2 Å². The summed E-state index contributed by atoms with van der Waals surface area (Å²) in [6.45, 7) is -1.82. The summed E-state index contributed by atoms with van der Waals surface area (Å²) in [4.78, 5) is 22.7. The Kier molecular flexibility index (Phi) is 7.06. The first kappa shape index (κ1) is 23.3. The van der Waals surface area contributed by atoms with Crippen molar-refractivity contribution in [1.29, 1.82) is 0 Å². The van der Waals surface area contributed by atoms with Gasteiger partial charge in [-0.1, -0.05) is 11.8 Å². The molecule has 1 unspecified atom stereocenters. The van der Waals surface area contributed by atoms with E-state index >= 15 is 0 Å². The van der Waals surface area contributed by atoms with Crippen molar-refractivity contribution in [2.24, 2.45) is 0 Å². The molecule has 168 valence electrons. The molecule has 0 radical (unpaired) electrons. The first-order valence-corrected chi connectivity index (χ1v) is 11.2. The summed E-state index contributed by atoms with van der Waals surface area (Å²) in [5.41, 5.74) is 6.62. The lowest BCUT2D eigenvalue weighted by Gasteiger charge is -2.14. The van der Waals surface area contributed by atoms with Gasteiger partial charge in [0.2, 0.25) is 5.95 Å². The topological polar surface area (TPSA) is 146 Å². The van der Waals surface area contributed by atoms with E-state index in [-0.39, 0.29) is 24.8 Å². The number of ether oxygens (including phenoxy) is 1. The fourth-order valence-electron chi connectivity index (χ4n) is 2.35. The third-order valence-electron chi connectivity index (χ3n) is 3.66. The van der Waals surface area contributed by atoms with Gasteiger partial charge in [0.1, 0.15) is 22.6 Å². The molecule has 1 aromatic carbocycles. The number of halogens is 3. The van der Waals surface area contributed by atoms with Gasteiger partial charge in [0.25, 0.3) is 0 Å². The van der Waals surface area contributed by atoms with Gasteiger partial charge < -0.3 is 25.0 Å². The summed E-state index contributed by atoms with van der Waals surface area (Å²) in [7, 11) is -4.54. The Balaban J connectivity index is 1.64. The number of nitrogen functional groups attached to an aromatic ring is 1. The second-order valence-corrected chi connectivity index (χ2v) is 9.01. The average molecular weight is 479 g/mol. The number of phenolic OH excluding ortho intramolecular Hbond substituents is 1. The van der Waals surface area contributed by atoms with Gasteiger partial charge in [-0.25, -0.2) is 9.97 Å². The Morgan fingerprint density at radius 2 is 1.94 bits per heavy atom. The quantitative estimate of drug-likeness (QED) is 0.238. The molecule has 3 rings (SSSR count). The Hall–Kier alpha value is -2.38. The van der Waals surface area contributed by atoms with Crippen molar-refractivity contribution in [2.75, 3.05) is 25.3 Å². The summed E-state index contributed by atoms with van der Waals surface area (Å²) >= 11 is 1.26. The zero-order valence-corrected chi connectivity index (χ0v) is 17.4. The minimum absolute atomic E-state index is 0.00291. The molecule has 4 N–H and O–H groups in total. The van der Waals surface area contributed by atoms with Crippen LogP contribution in [-0.2, 0) is 20.4 Å². The van der Waals surface area contributed by atoms with Crippen LogP contribution >= 0.6 is 19.4 Å². The van der Waals surface area contributed by atoms with E-state index in [4.69, 9.17) is 10.5 Å². The number of alkyl halides is 3. The van der Waals surface area contributed by atoms with E-state index in [1.165, 1.54) is 30.2 Å². The zero-order chi connectivity index (χ0) is 22.6. The number of anilines is 1. The molecule has 10 nitrogen and oxygen atoms in total. The summed E-state index contributed by atoms with van der Waals surface area (Å²) in [5.74, 6) is 0.120. The highest BCUT2D eigenvalue weighted by molar-refractivity contribution is 7.99. The monoisotopic (exact) mass is 479 g/mol. The highest BCUT2D eigenvalue weighted by Gasteiger charge is 2.32. The van der Waals surface area contributed by atoms with Gasteiger partial charge in [-0.05, 0) is 24.3 Å². The summed E-state index contributed by atoms with van der Waals surface area (Å²) in [5, 5.41) is 9.87. The van der Waals surface area contributed by atoms with E-state index < -0.39 is 26.7 Å². The molecule has 2 aromatic heterocycles. The largest absolute Gasteiger partial charge is 0.508 e. The van der Waals surface area contributed by atoms with E-state index in [1.54, 1.807) is 16.7 Å². The molecule has 31 heavy (non-hydrogen) atoms. The van der Waals surface area contributed by atoms with E-state index in [9.17, 15) is 27.7 Å². The summed E-state index contributed by atoms with van der Waals surface area (Å²) < 4.78 is 58.4. The maximum absolute atomic E-state index is 12.1. The Labute approximate surface area is 177 Å². The van der Waals surface area contributed by atoms with Crippen LogP contribution in [0.3, 0.4) is 0 Å². The van der Waals surface area contributed by atoms with Crippen LogP contribution in [-0.4, -0.2) is 55.3 Å². The molecule has 0 amide bonds. The third-order valence-corrected chi connectivity index (χ3v) is 5.69. The normalized spacial score (nSPS) is 14.1. The minimum Gasteiger partial charge on any atom is -0.508 e. The SMILES string of the molecule is Nc1nc(Sc2ccc(O)cc2)c2ncn(CCOCP(=O)(O)OCC(F)(F)F)c2n1. The summed E-state index contributed by atoms with van der Waals surface area (Å²) in [6, 6.07) is 6.45. The van der Waals surface area contributed by atoms with E-state index in [0.29, 0.717) is 16.2 Å². The van der Waals surface area contributed by atoms with Gasteiger partial charge in [-0.15, -0.1) is 0 Å². The highest BCUT2D eigenvalue weighted by Crippen LogP contribution is 2.43. The van der Waals surface area contributed by atoms with Crippen LogP contribution in [0.4, 0.5) is 19.1 Å². The molecule has 0 saturated heterocycles. The molecule has 1 atom stereocenters. The number of fused-ring (bicyclic) bond motifs is 1. The van der Waals surface area contributed by atoms with Crippen LogP contribution in [0.1, 0.15) is 0 Å². The minimum atomic E-state index is -4.72. The molecule has 3 aromatic rings. The lowest BCUT2D eigenvalue weighted by Crippen LogP contribution is -2.17. The third kappa shape index (κ3) is 6.80. The first-order valence-electron chi connectivity index (χ1n) is 8.58. The summed E-state index contributed by atoms with van der Waals surface area (Å²) in [6.07, 6.45) is -4.17. The predicted molar refractivity (Wildman–Crippen MR) is 105 cm³/mol. The van der Waals surface area contributed by atoms with Gasteiger partial charge in [0.05, 0.1) is 12.9 Å². The maximum atomic E-state index is 12.1. The Morgan fingerprint density at radius 1 is 1.23 bits per heavy atom. The van der Waals surface area contributed by atoms with Crippen LogP contribution in [0.5, 0.6) is 5.75 Å². The number of hydrogen-bond donors (Lipinski definition) is 3. The van der Waals surface area contributed by atoms with Gasteiger partial charge in [-0.3, -0.25) is 9.09 Å². The van der Waals surface area contributed by atoms with Gasteiger partial charge >= 0.3 is 13.8 Å². The lowest BCUT2D eigenvalue weighted by atomic mass is 10.3. The molecular weight excluding hydrogens is 462 g/mol. The maximum Gasteiger partial charge on any atom is 0.412 e. The average Bonchev–Trinajstić information content (AvgIpc) is 3.08. The zero-order valence-electron chi connectivity index (χ0n) is 15.7. The van der Waals surface area contributed by atoms with Gasteiger partial charge in [-0.2, -0.15) is 18.2 Å². The number of aromatic hydroxyl groups is 1. The molecule has 0 spiro atoms. The number of benzene rings is 1. The van der Waals surface area contributed by atoms with Crippen LogP contribution < -0.4 is 5.73 Å². The standard InChI is InChI=1S/C16H17F3N5O5PS/c17-16(18,19)7-29-30(26,27)9-28-6-5-24-8-21-12-13(24)22-15(20)23-14(12)31-11-3-1-10(25)2-4-11/h1-4,8,25H,5-7,9H2,(H,26,27)(H2,20,22,23). The second-order valence-electron chi connectivity index (χ2n) is 6.16. The Morgan fingerprint density at radius 3 is 2.61 bits per heavy atom. The molecular formula is C16H17F3N5O5PS. The molecule has 0 aliphatic carbocycles. The predicted octanol–water partition coefficient (Wildman–Crippen LogP) is 3.00. The fraction of sp³-hybridized carbons (Fsp3) is 0.312. The fourth-order valence-corrected chi connectivity index (χ4v) is 4.01. The molecule has 0 saturated carbocycles. The Bertz CT molecular complexity index is 1100. The van der Waals surface area contributed by atoms with Crippen LogP contribution in [0, 0.1) is 0 Å². The number of rotatable bonds is 9. The number of aromatic nitrogens is 4. The van der Waals surface area contributed by atoms with Crippen LogP contribution in [0.15, 0.2) is 40.5 Å².